The Morgan fingerprint density at radius 3 is 2.78 bits per heavy atom. The number of esters is 1. The highest BCUT2D eigenvalue weighted by molar-refractivity contribution is 8.18. The number of hydrogen-bond acceptors (Lipinski definition) is 8. The lowest BCUT2D eigenvalue weighted by atomic mass is 9.97. The van der Waals surface area contributed by atoms with Crippen molar-refractivity contribution >= 4 is 40.6 Å². The smallest absolute Gasteiger partial charge is 0.309 e. The molecule has 0 bridgehead atoms. The summed E-state index contributed by atoms with van der Waals surface area (Å²) in [4.78, 5) is 41.7. The number of carbonyl (C=O) groups excluding carboxylic acids is 2. The Hall–Kier alpha value is -3.40. The zero-order valence-electron chi connectivity index (χ0n) is 17.4. The number of ether oxygens (including phenoxy) is 1. The third kappa shape index (κ3) is 4.59. The van der Waals surface area contributed by atoms with E-state index >= 15 is 0 Å². The number of likely N-dealkylation sites (tertiary alicyclic amines) is 1. The first-order valence-electron chi connectivity index (χ1n) is 10.2. The molecule has 166 valence electrons. The molecule has 0 unspecified atom stereocenters. The van der Waals surface area contributed by atoms with Gasteiger partial charge in [-0.25, -0.2) is 0 Å². The highest BCUT2D eigenvalue weighted by Gasteiger charge is 2.32. The van der Waals surface area contributed by atoms with E-state index in [-0.39, 0.29) is 23.5 Å². The SMILES string of the molecule is CCOC(=O)C1CCN(C2=NC(=O)/C(=C/c3ccc(-c4ccccc4[N+](=O)[O-])o3)S2)CC1. The van der Waals surface area contributed by atoms with Crippen molar-refractivity contribution in [3.8, 4) is 11.3 Å². The summed E-state index contributed by atoms with van der Waals surface area (Å²) in [5.41, 5.74) is 0.318. The summed E-state index contributed by atoms with van der Waals surface area (Å²) < 4.78 is 10.8. The van der Waals surface area contributed by atoms with E-state index in [0.29, 0.717) is 59.7 Å². The predicted octanol–water partition coefficient (Wildman–Crippen LogP) is 4.10. The van der Waals surface area contributed by atoms with E-state index in [2.05, 4.69) is 4.99 Å². The van der Waals surface area contributed by atoms with Crippen molar-refractivity contribution in [1.82, 2.24) is 4.90 Å². The number of amides is 1. The molecular weight excluding hydrogens is 434 g/mol. The summed E-state index contributed by atoms with van der Waals surface area (Å²) in [7, 11) is 0. The Bertz CT molecular complexity index is 1110. The minimum atomic E-state index is -0.461. The second kappa shape index (κ2) is 9.39. The lowest BCUT2D eigenvalue weighted by Gasteiger charge is -2.31. The summed E-state index contributed by atoms with van der Waals surface area (Å²) in [5.74, 6) is 0.110. The van der Waals surface area contributed by atoms with Crippen LogP contribution in [0.5, 0.6) is 0 Å². The molecule has 9 nitrogen and oxygen atoms in total. The first-order valence-corrected chi connectivity index (χ1v) is 11.1. The molecule has 10 heteroatoms. The third-order valence-electron chi connectivity index (χ3n) is 5.26. The lowest BCUT2D eigenvalue weighted by Crippen LogP contribution is -2.39. The van der Waals surface area contributed by atoms with Crippen molar-refractivity contribution in [3.05, 3.63) is 57.2 Å². The standard InChI is InChI=1S/C22H21N3O6S/c1-2-30-21(27)14-9-11-24(12-10-14)22-23-20(26)19(32-22)13-15-7-8-18(31-15)16-5-3-4-6-17(16)25(28)29/h3-8,13-14H,2,9-12H2,1H3/b19-13-. The number of rotatable bonds is 5. The maximum atomic E-state index is 12.4. The summed E-state index contributed by atoms with van der Waals surface area (Å²) >= 11 is 1.26. The normalized spacial score (nSPS) is 18.2. The van der Waals surface area contributed by atoms with Crippen LogP contribution in [0, 0.1) is 16.0 Å². The van der Waals surface area contributed by atoms with Gasteiger partial charge >= 0.3 is 5.97 Å². The van der Waals surface area contributed by atoms with Crippen LogP contribution in [0.15, 0.2) is 50.7 Å². The maximum absolute atomic E-state index is 12.4. The topological polar surface area (TPSA) is 115 Å². The first kappa shape index (κ1) is 21.8. The fraction of sp³-hybridized carbons (Fsp3) is 0.318. The number of nitro groups is 1. The van der Waals surface area contributed by atoms with Crippen molar-refractivity contribution < 1.29 is 23.7 Å². The molecule has 1 amide bonds. The second-order valence-electron chi connectivity index (χ2n) is 7.30. The molecule has 32 heavy (non-hydrogen) atoms. The predicted molar refractivity (Wildman–Crippen MR) is 120 cm³/mol. The van der Waals surface area contributed by atoms with Crippen LogP contribution in [0.4, 0.5) is 5.69 Å². The van der Waals surface area contributed by atoms with Gasteiger partial charge in [0.05, 0.1) is 27.9 Å². The molecule has 2 aliphatic heterocycles. The van der Waals surface area contributed by atoms with E-state index < -0.39 is 4.92 Å². The number of amidine groups is 1. The van der Waals surface area contributed by atoms with Gasteiger partial charge in [-0.05, 0) is 49.7 Å². The summed E-state index contributed by atoms with van der Waals surface area (Å²) in [6.45, 7) is 3.41. The van der Waals surface area contributed by atoms with Gasteiger partial charge in [-0.15, -0.1) is 0 Å². The molecule has 1 aromatic carbocycles. The largest absolute Gasteiger partial charge is 0.466 e. The van der Waals surface area contributed by atoms with Crippen LogP contribution in [0.1, 0.15) is 25.5 Å². The van der Waals surface area contributed by atoms with Crippen LogP contribution < -0.4 is 0 Å². The number of benzene rings is 1. The van der Waals surface area contributed by atoms with Crippen LogP contribution in [0.3, 0.4) is 0 Å². The number of aliphatic imine (C=N–C) groups is 1. The third-order valence-corrected chi connectivity index (χ3v) is 6.31. The van der Waals surface area contributed by atoms with E-state index in [1.807, 2.05) is 4.90 Å². The van der Waals surface area contributed by atoms with Crippen LogP contribution in [0.2, 0.25) is 0 Å². The Kier molecular flexibility index (Phi) is 6.40. The molecule has 0 saturated carbocycles. The van der Waals surface area contributed by atoms with E-state index in [9.17, 15) is 19.7 Å². The van der Waals surface area contributed by atoms with Gasteiger partial charge in [0.25, 0.3) is 11.6 Å². The summed E-state index contributed by atoms with van der Waals surface area (Å²) in [6.07, 6.45) is 2.90. The number of carbonyl (C=O) groups is 2. The van der Waals surface area contributed by atoms with Gasteiger partial charge in [-0.3, -0.25) is 19.7 Å². The minimum absolute atomic E-state index is 0.0517. The van der Waals surface area contributed by atoms with Gasteiger partial charge in [-0.2, -0.15) is 4.99 Å². The molecule has 0 atom stereocenters. The Balaban J connectivity index is 1.43. The van der Waals surface area contributed by atoms with Gasteiger partial charge in [0.1, 0.15) is 11.5 Å². The van der Waals surface area contributed by atoms with E-state index in [0.717, 1.165) is 0 Å². The number of furan rings is 1. The molecule has 1 saturated heterocycles. The van der Waals surface area contributed by atoms with Crippen LogP contribution in [-0.2, 0) is 14.3 Å². The van der Waals surface area contributed by atoms with Crippen molar-refractivity contribution in [2.45, 2.75) is 19.8 Å². The molecule has 3 heterocycles. The molecule has 0 N–H and O–H groups in total. The monoisotopic (exact) mass is 455 g/mol. The Morgan fingerprint density at radius 2 is 2.06 bits per heavy atom. The average Bonchev–Trinajstić information content (AvgIpc) is 3.41. The minimum Gasteiger partial charge on any atom is -0.466 e. The van der Waals surface area contributed by atoms with Gasteiger partial charge in [0.15, 0.2) is 5.17 Å². The fourth-order valence-electron chi connectivity index (χ4n) is 3.65. The van der Waals surface area contributed by atoms with Crippen molar-refractivity contribution in [1.29, 1.82) is 0 Å². The number of para-hydroxylation sites is 1. The molecule has 1 aromatic heterocycles. The lowest BCUT2D eigenvalue weighted by molar-refractivity contribution is -0.384. The van der Waals surface area contributed by atoms with Crippen LogP contribution in [-0.4, -0.2) is 46.6 Å². The van der Waals surface area contributed by atoms with E-state index in [1.54, 1.807) is 43.3 Å². The fourth-order valence-corrected chi connectivity index (χ4v) is 4.59. The molecule has 2 aliphatic rings. The Morgan fingerprint density at radius 1 is 1.31 bits per heavy atom. The van der Waals surface area contributed by atoms with Crippen LogP contribution >= 0.6 is 11.8 Å². The molecule has 0 aliphatic carbocycles. The van der Waals surface area contributed by atoms with E-state index in [1.165, 1.54) is 17.8 Å². The number of hydrogen-bond donors (Lipinski definition) is 0. The number of nitrogens with zero attached hydrogens (tertiary/aromatic N) is 3. The van der Waals surface area contributed by atoms with Gasteiger partial charge in [-0.1, -0.05) is 12.1 Å². The molecule has 2 aromatic rings. The Labute approximate surface area is 188 Å². The highest BCUT2D eigenvalue weighted by atomic mass is 32.2. The zero-order valence-corrected chi connectivity index (χ0v) is 18.2. The number of thioether (sulfide) groups is 1. The van der Waals surface area contributed by atoms with Crippen molar-refractivity contribution in [2.24, 2.45) is 10.9 Å². The van der Waals surface area contributed by atoms with Crippen molar-refractivity contribution in [2.75, 3.05) is 19.7 Å². The molecule has 0 spiro atoms. The quantitative estimate of drug-likeness (QED) is 0.286. The first-order chi connectivity index (χ1) is 15.5. The second-order valence-corrected chi connectivity index (χ2v) is 8.31. The average molecular weight is 455 g/mol. The van der Waals surface area contributed by atoms with Gasteiger partial charge in [0, 0.05) is 25.2 Å². The summed E-state index contributed by atoms with van der Waals surface area (Å²) in [5, 5.41) is 11.9. The van der Waals surface area contributed by atoms with Gasteiger partial charge < -0.3 is 14.1 Å². The molecule has 1 fully saturated rings. The molecule has 0 radical (unpaired) electrons. The number of piperidine rings is 1. The van der Waals surface area contributed by atoms with Crippen molar-refractivity contribution in [3.63, 3.8) is 0 Å². The highest BCUT2D eigenvalue weighted by Crippen LogP contribution is 2.35. The maximum Gasteiger partial charge on any atom is 0.309 e. The van der Waals surface area contributed by atoms with E-state index in [4.69, 9.17) is 9.15 Å². The molecule has 4 rings (SSSR count). The summed E-state index contributed by atoms with van der Waals surface area (Å²) in [6, 6.07) is 9.62. The zero-order chi connectivity index (χ0) is 22.7. The molecular formula is C22H21N3O6S. The van der Waals surface area contributed by atoms with Crippen LogP contribution in [0.25, 0.3) is 17.4 Å². The van der Waals surface area contributed by atoms with Gasteiger partial charge in [0.2, 0.25) is 0 Å². The number of nitro benzene ring substituents is 1.